The van der Waals surface area contributed by atoms with Crippen molar-refractivity contribution in [3.63, 3.8) is 0 Å². The summed E-state index contributed by atoms with van der Waals surface area (Å²) in [6.07, 6.45) is -4.09. The summed E-state index contributed by atoms with van der Waals surface area (Å²) in [6, 6.07) is 2.78. The summed E-state index contributed by atoms with van der Waals surface area (Å²) in [5.41, 5.74) is 8.09. The van der Waals surface area contributed by atoms with Gasteiger partial charge in [0.2, 0.25) is 5.95 Å². The predicted octanol–water partition coefficient (Wildman–Crippen LogP) is -0.623. The van der Waals surface area contributed by atoms with E-state index in [0.717, 1.165) is 9.13 Å². The zero-order chi connectivity index (χ0) is 30.1. The number of carbonyl (C=O) groups excluding carboxylic acids is 2. The standard InChI is InChI=1S/C24H30N8O9/c1-5-8-31-14-17(27-21(25)28-18(14)35)32(23(31)38)19-16(34)15(33)12(40-19)10-39-20(36)11-6-7-13(26-9-11)29-30-22(37)41-24(2,3)4/h5-7,9,12,15-16,19,33-34H,1,8,10H2,2-4H3,(H,26,29)(H,30,37)(H3,25,27,28,35)/t12-,15-,16-,19-/m1/s1. The third kappa shape index (κ3) is 6.21. The number of nitrogens with one attached hydrogen (secondary N) is 3. The van der Waals surface area contributed by atoms with Gasteiger partial charge >= 0.3 is 17.8 Å². The SMILES string of the molecule is C=CCn1c(=O)n([C@@H]2O[C@H](COC(=O)c3ccc(NNC(=O)OC(C)(C)C)nc3)[C@@H](O)[C@H]2O)c2nc(N)[nH]c(=O)c21. The Labute approximate surface area is 231 Å². The molecule has 0 aromatic carbocycles. The molecular formula is C24H30N8O9. The van der Waals surface area contributed by atoms with Crippen LogP contribution in [-0.4, -0.2) is 76.9 Å². The molecular weight excluding hydrogens is 544 g/mol. The highest BCUT2D eigenvalue weighted by molar-refractivity contribution is 5.89. The highest BCUT2D eigenvalue weighted by atomic mass is 16.6. The van der Waals surface area contributed by atoms with Crippen LogP contribution in [-0.2, 0) is 20.8 Å². The number of nitrogen functional groups attached to an aromatic ring is 1. The van der Waals surface area contributed by atoms with Crippen LogP contribution in [0.2, 0.25) is 0 Å². The summed E-state index contributed by atoms with van der Waals surface area (Å²) in [6.45, 7) is 8.15. The van der Waals surface area contributed by atoms with Gasteiger partial charge in [-0.1, -0.05) is 6.08 Å². The van der Waals surface area contributed by atoms with Gasteiger partial charge in [0.05, 0.1) is 5.56 Å². The van der Waals surface area contributed by atoms with Crippen molar-refractivity contribution in [2.75, 3.05) is 17.8 Å². The van der Waals surface area contributed by atoms with Crippen molar-refractivity contribution >= 4 is 35.0 Å². The quantitative estimate of drug-likeness (QED) is 0.112. The molecule has 1 fully saturated rings. The number of nitrogens with two attached hydrogens (primary N) is 1. The van der Waals surface area contributed by atoms with Crippen LogP contribution in [0.25, 0.3) is 11.2 Å². The average Bonchev–Trinajstić information content (AvgIpc) is 3.32. The van der Waals surface area contributed by atoms with Gasteiger partial charge in [-0.15, -0.1) is 6.58 Å². The Morgan fingerprint density at radius 3 is 2.63 bits per heavy atom. The van der Waals surface area contributed by atoms with E-state index < -0.39 is 60.1 Å². The first kappa shape index (κ1) is 29.2. The van der Waals surface area contributed by atoms with Gasteiger partial charge in [0.1, 0.15) is 36.3 Å². The minimum Gasteiger partial charge on any atom is -0.459 e. The summed E-state index contributed by atoms with van der Waals surface area (Å²) in [5.74, 6) is -0.887. The highest BCUT2D eigenvalue weighted by Gasteiger charge is 2.46. The number of allylic oxidation sites excluding steroid dienone is 1. The molecule has 220 valence electrons. The maximum Gasteiger partial charge on any atom is 0.426 e. The van der Waals surface area contributed by atoms with Crippen molar-refractivity contribution in [2.45, 2.75) is 57.5 Å². The van der Waals surface area contributed by atoms with Crippen LogP contribution >= 0.6 is 0 Å². The number of amides is 1. The number of aromatic nitrogens is 5. The Kier molecular flexibility index (Phi) is 8.13. The second-order valence-corrected chi connectivity index (χ2v) is 10.0. The van der Waals surface area contributed by atoms with Crippen LogP contribution in [0.3, 0.4) is 0 Å². The third-order valence-electron chi connectivity index (χ3n) is 5.80. The first-order valence-electron chi connectivity index (χ1n) is 12.3. The van der Waals surface area contributed by atoms with E-state index in [1.807, 2.05) is 0 Å². The lowest BCUT2D eigenvalue weighted by molar-refractivity contribution is -0.0579. The van der Waals surface area contributed by atoms with Gasteiger partial charge in [-0.3, -0.25) is 19.8 Å². The number of aromatic amines is 1. The van der Waals surface area contributed by atoms with Gasteiger partial charge in [-0.05, 0) is 32.9 Å². The third-order valence-corrected chi connectivity index (χ3v) is 5.80. The number of aliphatic hydroxyl groups is 2. The number of rotatable bonds is 8. The van der Waals surface area contributed by atoms with Crippen molar-refractivity contribution in [2.24, 2.45) is 0 Å². The summed E-state index contributed by atoms with van der Waals surface area (Å²) < 4.78 is 18.0. The molecule has 4 rings (SSSR count). The minimum atomic E-state index is -1.65. The number of esters is 1. The van der Waals surface area contributed by atoms with Gasteiger partial charge in [0.15, 0.2) is 17.4 Å². The number of hydrogen-bond donors (Lipinski definition) is 6. The van der Waals surface area contributed by atoms with E-state index >= 15 is 0 Å². The molecule has 7 N–H and O–H groups in total. The number of nitrogens with zero attached hydrogens (tertiary/aromatic N) is 4. The molecule has 1 saturated heterocycles. The minimum absolute atomic E-state index is 0.0417. The van der Waals surface area contributed by atoms with Gasteiger partial charge in [0.25, 0.3) is 5.56 Å². The number of anilines is 2. The molecule has 3 aromatic heterocycles. The van der Waals surface area contributed by atoms with Gasteiger partial charge in [-0.2, -0.15) is 4.98 Å². The first-order chi connectivity index (χ1) is 19.3. The topological polar surface area (TPSA) is 238 Å². The van der Waals surface area contributed by atoms with Crippen LogP contribution in [0.15, 0.2) is 40.6 Å². The first-order valence-corrected chi connectivity index (χ1v) is 12.3. The molecule has 4 atom stereocenters. The maximum absolute atomic E-state index is 13.2. The number of imidazole rings is 1. The lowest BCUT2D eigenvalue weighted by Crippen LogP contribution is -2.36. The fraction of sp³-hybridized carbons (Fsp3) is 0.417. The summed E-state index contributed by atoms with van der Waals surface area (Å²) in [4.78, 5) is 60.3. The summed E-state index contributed by atoms with van der Waals surface area (Å²) in [7, 11) is 0. The van der Waals surface area contributed by atoms with Crippen LogP contribution in [0.1, 0.15) is 37.4 Å². The summed E-state index contributed by atoms with van der Waals surface area (Å²) in [5, 5.41) is 21.3. The normalized spacial score (nSPS) is 20.5. The Morgan fingerprint density at radius 2 is 2.00 bits per heavy atom. The largest absolute Gasteiger partial charge is 0.459 e. The Morgan fingerprint density at radius 1 is 1.27 bits per heavy atom. The van der Waals surface area contributed by atoms with Gasteiger partial charge in [0, 0.05) is 12.7 Å². The molecule has 0 unspecified atom stereocenters. The van der Waals surface area contributed by atoms with E-state index in [1.165, 1.54) is 24.4 Å². The van der Waals surface area contributed by atoms with Crippen LogP contribution in [0.5, 0.6) is 0 Å². The monoisotopic (exact) mass is 574 g/mol. The van der Waals surface area contributed by atoms with E-state index in [2.05, 4.69) is 32.4 Å². The number of carbonyl (C=O) groups is 2. The molecule has 0 spiro atoms. The number of H-pyrrole nitrogens is 1. The van der Waals surface area contributed by atoms with Crippen LogP contribution in [0, 0.1) is 0 Å². The van der Waals surface area contributed by atoms with Crippen molar-refractivity contribution in [1.82, 2.24) is 29.5 Å². The van der Waals surface area contributed by atoms with Crippen molar-refractivity contribution in [1.29, 1.82) is 0 Å². The number of fused-ring (bicyclic) bond motifs is 1. The van der Waals surface area contributed by atoms with Crippen molar-refractivity contribution < 1.29 is 34.0 Å². The zero-order valence-corrected chi connectivity index (χ0v) is 22.4. The molecule has 17 heteroatoms. The lowest BCUT2D eigenvalue weighted by Gasteiger charge is -2.19. The molecule has 3 aromatic rings. The molecule has 0 aliphatic carbocycles. The Balaban J connectivity index is 1.43. The van der Waals surface area contributed by atoms with Gasteiger partial charge < -0.3 is 30.2 Å². The average molecular weight is 575 g/mol. The second-order valence-electron chi connectivity index (χ2n) is 10.0. The highest BCUT2D eigenvalue weighted by Crippen LogP contribution is 2.30. The molecule has 0 radical (unpaired) electrons. The Bertz CT molecular complexity index is 1570. The zero-order valence-electron chi connectivity index (χ0n) is 22.4. The van der Waals surface area contributed by atoms with Crippen molar-refractivity contribution in [3.05, 3.63) is 57.4 Å². The van der Waals surface area contributed by atoms with Crippen LogP contribution < -0.4 is 27.8 Å². The number of ether oxygens (including phenoxy) is 3. The fourth-order valence-electron chi connectivity index (χ4n) is 4.06. The number of hydrogen-bond acceptors (Lipinski definition) is 13. The van der Waals surface area contributed by atoms with Crippen molar-refractivity contribution in [3.8, 4) is 0 Å². The number of hydrazine groups is 1. The predicted molar refractivity (Wildman–Crippen MR) is 143 cm³/mol. The second kappa shape index (κ2) is 11.4. The molecule has 1 aliphatic heterocycles. The van der Waals surface area contributed by atoms with E-state index in [9.17, 15) is 29.4 Å². The van der Waals surface area contributed by atoms with Crippen LogP contribution in [0.4, 0.5) is 16.6 Å². The smallest absolute Gasteiger partial charge is 0.426 e. The molecule has 0 bridgehead atoms. The molecule has 0 saturated carbocycles. The maximum atomic E-state index is 13.2. The molecule has 17 nitrogen and oxygen atoms in total. The van der Waals surface area contributed by atoms with E-state index in [4.69, 9.17) is 19.9 Å². The number of pyridine rings is 1. The lowest BCUT2D eigenvalue weighted by atomic mass is 10.1. The molecule has 1 amide bonds. The Hall–Kier alpha value is -4.74. The van der Waals surface area contributed by atoms with E-state index in [0.29, 0.717) is 0 Å². The number of aliphatic hydroxyl groups excluding tert-OH is 2. The fourth-order valence-corrected chi connectivity index (χ4v) is 4.06. The van der Waals surface area contributed by atoms with E-state index in [1.54, 1.807) is 20.8 Å². The van der Waals surface area contributed by atoms with E-state index in [-0.39, 0.29) is 35.0 Å². The molecule has 4 heterocycles. The summed E-state index contributed by atoms with van der Waals surface area (Å²) >= 11 is 0. The van der Waals surface area contributed by atoms with Gasteiger partial charge in [-0.25, -0.2) is 29.4 Å². The molecule has 41 heavy (non-hydrogen) atoms. The molecule has 1 aliphatic rings.